The van der Waals surface area contributed by atoms with Gasteiger partial charge in [-0.1, -0.05) is 32.9 Å². The van der Waals surface area contributed by atoms with Crippen LogP contribution in [-0.4, -0.2) is 15.0 Å². The van der Waals surface area contributed by atoms with Gasteiger partial charge in [-0.15, -0.1) is 0 Å². The maximum atomic E-state index is 13.3. The maximum absolute atomic E-state index is 13.3. The molecule has 26 heavy (non-hydrogen) atoms. The van der Waals surface area contributed by atoms with Gasteiger partial charge < -0.3 is 14.4 Å². The van der Waals surface area contributed by atoms with Crippen molar-refractivity contribution >= 4 is 12.2 Å². The number of aromatic nitrogens is 3. The number of halogens is 1. The van der Waals surface area contributed by atoms with Gasteiger partial charge in [-0.2, -0.15) is 0 Å². The fraction of sp³-hybridized carbons (Fsp3) is 0.211. The topological polar surface area (TPSA) is 91.8 Å². The first kappa shape index (κ1) is 17.6. The molecular weight excluding hydrogens is 337 g/mol. The Bertz CT molecular complexity index is 1180. The highest BCUT2D eigenvalue weighted by molar-refractivity contribution is 5.49. The zero-order chi connectivity index (χ0) is 18.9. The van der Waals surface area contributed by atoms with Crippen LogP contribution in [0.5, 0.6) is 0 Å². The summed E-state index contributed by atoms with van der Waals surface area (Å²) in [7, 11) is 0. The number of hydrogen-bond acceptors (Lipinski definition) is 4. The summed E-state index contributed by atoms with van der Waals surface area (Å²) >= 11 is 0. The molecule has 0 fully saturated rings. The summed E-state index contributed by atoms with van der Waals surface area (Å²) in [4.78, 5) is 33.8. The number of nitrogens with one attached hydrogen (secondary N) is 2. The molecule has 0 radical (unpaired) electrons. The number of rotatable bonds is 2. The number of benzene rings is 1. The summed E-state index contributed by atoms with van der Waals surface area (Å²) in [5.74, 6) is 0.177. The molecule has 2 aromatic heterocycles. The van der Waals surface area contributed by atoms with Crippen molar-refractivity contribution in [3.05, 3.63) is 84.9 Å². The van der Waals surface area contributed by atoms with E-state index in [1.54, 1.807) is 6.07 Å². The normalized spacial score (nSPS) is 13.4. The Balaban J connectivity index is 2.14. The quantitative estimate of drug-likeness (QED) is 0.721. The van der Waals surface area contributed by atoms with Crippen LogP contribution in [0.4, 0.5) is 4.39 Å². The van der Waals surface area contributed by atoms with E-state index in [9.17, 15) is 14.0 Å². The van der Waals surface area contributed by atoms with Gasteiger partial charge in [0.25, 0.3) is 11.1 Å². The molecule has 0 aliphatic rings. The molecule has 0 saturated carbocycles. The lowest BCUT2D eigenvalue weighted by molar-refractivity contribution is 0.407. The van der Waals surface area contributed by atoms with Crippen LogP contribution in [0.2, 0.25) is 0 Å². The smallest absolute Gasteiger partial charge is 0.272 e. The average Bonchev–Trinajstić information content (AvgIpc) is 3.01. The third-order valence-corrected chi connectivity index (χ3v) is 3.70. The Kier molecular flexibility index (Phi) is 4.46. The van der Waals surface area contributed by atoms with Gasteiger partial charge in [0.15, 0.2) is 6.39 Å². The van der Waals surface area contributed by atoms with E-state index in [-0.39, 0.29) is 16.1 Å². The molecule has 0 amide bonds. The van der Waals surface area contributed by atoms with E-state index in [0.29, 0.717) is 17.0 Å². The van der Waals surface area contributed by atoms with E-state index >= 15 is 0 Å². The minimum Gasteiger partial charge on any atom is -0.447 e. The molecule has 1 aromatic carbocycles. The number of aromatic amines is 2. The predicted octanol–water partition coefficient (Wildman–Crippen LogP) is 1.15. The van der Waals surface area contributed by atoms with Crippen LogP contribution in [0.1, 0.15) is 37.8 Å². The van der Waals surface area contributed by atoms with Crippen LogP contribution in [0.25, 0.3) is 12.2 Å². The molecule has 7 heteroatoms. The maximum Gasteiger partial charge on any atom is 0.272 e. The molecule has 0 aliphatic carbocycles. The highest BCUT2D eigenvalue weighted by atomic mass is 19.1. The van der Waals surface area contributed by atoms with Gasteiger partial charge >= 0.3 is 0 Å². The first-order valence-electron chi connectivity index (χ1n) is 7.99. The van der Waals surface area contributed by atoms with Crippen LogP contribution in [-0.2, 0) is 5.41 Å². The van der Waals surface area contributed by atoms with Crippen LogP contribution in [0, 0.1) is 5.82 Å². The summed E-state index contributed by atoms with van der Waals surface area (Å²) in [6, 6.07) is 5.72. The lowest BCUT2D eigenvalue weighted by Crippen LogP contribution is -2.46. The van der Waals surface area contributed by atoms with Crippen molar-refractivity contribution in [2.75, 3.05) is 0 Å². The molecule has 0 aliphatic heterocycles. The lowest BCUT2D eigenvalue weighted by Gasteiger charge is -2.14. The molecular formula is C19H18FN3O3. The molecule has 0 atom stereocenters. The van der Waals surface area contributed by atoms with Crippen molar-refractivity contribution in [2.45, 2.75) is 26.2 Å². The first-order chi connectivity index (χ1) is 12.2. The van der Waals surface area contributed by atoms with Crippen molar-refractivity contribution in [3.63, 3.8) is 0 Å². The van der Waals surface area contributed by atoms with Gasteiger partial charge in [0, 0.05) is 5.41 Å². The summed E-state index contributed by atoms with van der Waals surface area (Å²) in [5.41, 5.74) is -0.355. The van der Waals surface area contributed by atoms with Gasteiger partial charge in [0.05, 0.1) is 0 Å². The van der Waals surface area contributed by atoms with E-state index in [0.717, 1.165) is 0 Å². The van der Waals surface area contributed by atoms with Crippen LogP contribution in [0.3, 0.4) is 0 Å². The summed E-state index contributed by atoms with van der Waals surface area (Å²) in [5, 5.41) is 0.0970. The third kappa shape index (κ3) is 3.72. The summed E-state index contributed by atoms with van der Waals surface area (Å²) < 4.78 is 18.7. The predicted molar refractivity (Wildman–Crippen MR) is 95.7 cm³/mol. The van der Waals surface area contributed by atoms with Crippen LogP contribution in [0.15, 0.2) is 44.7 Å². The minimum atomic E-state index is -0.499. The fourth-order valence-corrected chi connectivity index (χ4v) is 2.51. The molecule has 2 heterocycles. The minimum absolute atomic E-state index is 0.0361. The monoisotopic (exact) mass is 355 g/mol. The average molecular weight is 355 g/mol. The van der Waals surface area contributed by atoms with Gasteiger partial charge in [-0.05, 0) is 29.8 Å². The molecule has 0 saturated heterocycles. The molecule has 6 nitrogen and oxygen atoms in total. The fourth-order valence-electron chi connectivity index (χ4n) is 2.51. The van der Waals surface area contributed by atoms with Crippen molar-refractivity contribution < 1.29 is 8.81 Å². The molecule has 0 bridgehead atoms. The molecule has 3 rings (SSSR count). The molecule has 3 aromatic rings. The van der Waals surface area contributed by atoms with E-state index in [1.807, 2.05) is 20.8 Å². The van der Waals surface area contributed by atoms with Crippen LogP contribution < -0.4 is 21.8 Å². The Morgan fingerprint density at radius 2 is 1.73 bits per heavy atom. The second kappa shape index (κ2) is 6.59. The van der Waals surface area contributed by atoms with Gasteiger partial charge in [0.1, 0.15) is 28.0 Å². The van der Waals surface area contributed by atoms with E-state index in [4.69, 9.17) is 4.42 Å². The second-order valence-corrected chi connectivity index (χ2v) is 6.90. The number of hydrogen-bond donors (Lipinski definition) is 2. The standard InChI is InChI=1S/C19H18FN3O3/c1-19(2,3)16-13(21-10-26-16)9-15-18(25)22-14(17(24)23-15)8-11-5-4-6-12(20)7-11/h4-10H,1-3H3,(H,22,25)(H,23,24)/b14-8-,15-9-. The van der Waals surface area contributed by atoms with Crippen LogP contribution >= 0.6 is 0 Å². The van der Waals surface area contributed by atoms with E-state index < -0.39 is 16.9 Å². The number of nitrogens with zero attached hydrogens (tertiary/aromatic N) is 1. The van der Waals surface area contributed by atoms with Gasteiger partial charge in [0.2, 0.25) is 0 Å². The summed E-state index contributed by atoms with van der Waals surface area (Å²) in [6.45, 7) is 5.86. The van der Waals surface area contributed by atoms with Crippen molar-refractivity contribution in [3.8, 4) is 0 Å². The third-order valence-electron chi connectivity index (χ3n) is 3.70. The lowest BCUT2D eigenvalue weighted by atomic mass is 9.92. The molecule has 0 unspecified atom stereocenters. The Labute approximate surface area is 147 Å². The second-order valence-electron chi connectivity index (χ2n) is 6.90. The largest absolute Gasteiger partial charge is 0.447 e. The highest BCUT2D eigenvalue weighted by Crippen LogP contribution is 2.25. The van der Waals surface area contributed by atoms with Gasteiger partial charge in [-0.3, -0.25) is 9.59 Å². The zero-order valence-electron chi connectivity index (χ0n) is 14.6. The Hall–Kier alpha value is -3.22. The van der Waals surface area contributed by atoms with E-state index in [2.05, 4.69) is 15.0 Å². The molecule has 0 spiro atoms. The number of H-pyrrole nitrogens is 2. The van der Waals surface area contributed by atoms with E-state index in [1.165, 1.54) is 36.7 Å². The Morgan fingerprint density at radius 3 is 2.35 bits per heavy atom. The van der Waals surface area contributed by atoms with Crippen molar-refractivity contribution in [1.82, 2.24) is 15.0 Å². The summed E-state index contributed by atoms with van der Waals surface area (Å²) in [6.07, 6.45) is 4.17. The number of oxazole rings is 1. The van der Waals surface area contributed by atoms with Gasteiger partial charge in [-0.25, -0.2) is 9.37 Å². The highest BCUT2D eigenvalue weighted by Gasteiger charge is 2.21. The zero-order valence-corrected chi connectivity index (χ0v) is 14.6. The van der Waals surface area contributed by atoms with Crippen molar-refractivity contribution in [2.24, 2.45) is 0 Å². The SMILES string of the molecule is CC(C)(C)c1ocnc1/C=c1\[nH]c(=O)/c(=C/c2cccc(F)c2)[nH]c1=O. The van der Waals surface area contributed by atoms with Crippen molar-refractivity contribution in [1.29, 1.82) is 0 Å². The molecule has 134 valence electrons. The Morgan fingerprint density at radius 1 is 1.08 bits per heavy atom. The molecule has 2 N–H and O–H groups in total. The first-order valence-corrected chi connectivity index (χ1v) is 7.99.